The molecule has 80 valence electrons. The third kappa shape index (κ3) is 2.39. The van der Waals surface area contributed by atoms with Gasteiger partial charge in [-0.05, 0) is 13.0 Å². The van der Waals surface area contributed by atoms with Gasteiger partial charge >= 0.3 is 5.97 Å². The highest BCUT2D eigenvalue weighted by molar-refractivity contribution is 5.87. The van der Waals surface area contributed by atoms with Crippen molar-refractivity contribution >= 4 is 11.9 Å². The fourth-order valence-electron chi connectivity index (χ4n) is 1.08. The van der Waals surface area contributed by atoms with E-state index < -0.39 is 29.5 Å². The summed E-state index contributed by atoms with van der Waals surface area (Å²) < 4.78 is 0.737. The lowest BCUT2D eigenvalue weighted by Gasteiger charge is -2.04. The van der Waals surface area contributed by atoms with E-state index in [0.717, 1.165) is 10.7 Å². The minimum atomic E-state index is -1.36. The smallest absolute Gasteiger partial charge is 0.341 e. The number of primary amides is 1. The Hall–Kier alpha value is -2.18. The molecular weight excluding hydrogens is 202 g/mol. The van der Waals surface area contributed by atoms with Crippen molar-refractivity contribution < 1.29 is 14.7 Å². The zero-order chi connectivity index (χ0) is 11.6. The summed E-state index contributed by atoms with van der Waals surface area (Å²) in [7, 11) is 0. The molecular formula is C8H9N3O4. The molecule has 15 heavy (non-hydrogen) atoms. The third-order valence-corrected chi connectivity index (χ3v) is 1.63. The molecule has 0 spiro atoms. The Morgan fingerprint density at radius 1 is 1.60 bits per heavy atom. The monoisotopic (exact) mass is 211 g/mol. The van der Waals surface area contributed by atoms with Crippen LogP contribution in [0.5, 0.6) is 0 Å². The first kappa shape index (κ1) is 10.9. The third-order valence-electron chi connectivity index (χ3n) is 1.63. The fourth-order valence-corrected chi connectivity index (χ4v) is 1.08. The number of hydrogen-bond acceptors (Lipinski definition) is 4. The Morgan fingerprint density at radius 3 is 2.67 bits per heavy atom. The predicted octanol–water partition coefficient (Wildman–Crippen LogP) is -1.26. The number of aromatic carboxylic acids is 1. The summed E-state index contributed by atoms with van der Waals surface area (Å²) in [5, 5.41) is 12.4. The average Bonchev–Trinajstić information content (AvgIpc) is 2.09. The van der Waals surface area contributed by atoms with Gasteiger partial charge in [0.15, 0.2) is 0 Å². The second-order valence-corrected chi connectivity index (χ2v) is 2.93. The van der Waals surface area contributed by atoms with Crippen molar-refractivity contribution in [1.82, 2.24) is 9.78 Å². The number of nitrogens with two attached hydrogens (primary N) is 1. The lowest BCUT2D eigenvalue weighted by molar-refractivity contribution is -0.118. The van der Waals surface area contributed by atoms with E-state index in [-0.39, 0.29) is 0 Å². The van der Waals surface area contributed by atoms with Crippen molar-refractivity contribution in [3.63, 3.8) is 0 Å². The topological polar surface area (TPSA) is 115 Å². The summed E-state index contributed by atoms with van der Waals surface area (Å²) in [6.07, 6.45) is 0. The van der Waals surface area contributed by atoms with Crippen molar-refractivity contribution in [1.29, 1.82) is 0 Å². The highest BCUT2D eigenvalue weighted by atomic mass is 16.4. The number of nitrogens with zero attached hydrogens (tertiary/aromatic N) is 2. The number of hydrogen-bond donors (Lipinski definition) is 2. The van der Waals surface area contributed by atoms with Gasteiger partial charge in [-0.15, -0.1) is 0 Å². The molecule has 0 radical (unpaired) electrons. The van der Waals surface area contributed by atoms with E-state index in [1.807, 2.05) is 0 Å². The minimum Gasteiger partial charge on any atom is -0.477 e. The Bertz CT molecular complexity index is 477. The molecule has 0 atom stereocenters. The van der Waals surface area contributed by atoms with Crippen LogP contribution in [0.4, 0.5) is 0 Å². The second-order valence-electron chi connectivity index (χ2n) is 2.93. The Morgan fingerprint density at radius 2 is 2.20 bits per heavy atom. The van der Waals surface area contributed by atoms with Crippen LogP contribution in [0, 0.1) is 6.92 Å². The van der Waals surface area contributed by atoms with Gasteiger partial charge in [-0.3, -0.25) is 9.59 Å². The molecule has 0 fully saturated rings. The van der Waals surface area contributed by atoms with Crippen molar-refractivity contribution in [3.8, 4) is 0 Å². The Balaban J connectivity index is 3.35. The molecule has 0 saturated heterocycles. The van der Waals surface area contributed by atoms with Crippen molar-refractivity contribution in [2.24, 2.45) is 5.73 Å². The van der Waals surface area contributed by atoms with Crippen LogP contribution < -0.4 is 11.3 Å². The molecule has 0 aliphatic heterocycles. The summed E-state index contributed by atoms with van der Waals surface area (Å²) in [6.45, 7) is 1.09. The van der Waals surface area contributed by atoms with Crippen molar-refractivity contribution in [2.75, 3.05) is 0 Å². The molecule has 0 bridgehead atoms. The number of aromatic nitrogens is 2. The van der Waals surface area contributed by atoms with Gasteiger partial charge in [0.05, 0.1) is 5.69 Å². The number of carbonyl (C=O) groups is 2. The fraction of sp³-hybridized carbons (Fsp3) is 0.250. The Labute approximate surface area is 84.1 Å². The number of carbonyl (C=O) groups excluding carboxylic acids is 1. The summed E-state index contributed by atoms with van der Waals surface area (Å²) >= 11 is 0. The van der Waals surface area contributed by atoms with Crippen LogP contribution in [-0.2, 0) is 11.3 Å². The lowest BCUT2D eigenvalue weighted by atomic mass is 10.2. The number of carboxylic acid groups (broad SMARTS) is 1. The molecule has 0 unspecified atom stereocenters. The maximum Gasteiger partial charge on any atom is 0.341 e. The zero-order valence-corrected chi connectivity index (χ0v) is 7.93. The Kier molecular flexibility index (Phi) is 2.84. The average molecular weight is 211 g/mol. The first-order valence-electron chi connectivity index (χ1n) is 4.02. The maximum atomic E-state index is 11.4. The van der Waals surface area contributed by atoms with Gasteiger partial charge in [0.25, 0.3) is 5.56 Å². The zero-order valence-electron chi connectivity index (χ0n) is 7.93. The molecule has 1 amide bonds. The molecule has 0 aliphatic carbocycles. The minimum absolute atomic E-state index is 0.327. The summed E-state index contributed by atoms with van der Waals surface area (Å²) in [6, 6.07) is 1.14. The van der Waals surface area contributed by atoms with Crippen molar-refractivity contribution in [2.45, 2.75) is 13.5 Å². The molecule has 0 aliphatic rings. The maximum absolute atomic E-state index is 11.4. The summed E-state index contributed by atoms with van der Waals surface area (Å²) in [5.74, 6) is -2.12. The van der Waals surface area contributed by atoms with E-state index >= 15 is 0 Å². The summed E-state index contributed by atoms with van der Waals surface area (Å²) in [4.78, 5) is 32.7. The molecule has 0 aromatic carbocycles. The van der Waals surface area contributed by atoms with Gasteiger partial charge < -0.3 is 10.8 Å². The number of amides is 1. The van der Waals surface area contributed by atoms with E-state index in [2.05, 4.69) is 5.10 Å². The normalized spacial score (nSPS) is 9.93. The highest BCUT2D eigenvalue weighted by Gasteiger charge is 2.13. The highest BCUT2D eigenvalue weighted by Crippen LogP contribution is 1.95. The van der Waals surface area contributed by atoms with Crippen LogP contribution in [-0.4, -0.2) is 26.8 Å². The molecule has 7 heteroatoms. The first-order chi connectivity index (χ1) is 6.91. The van der Waals surface area contributed by atoms with E-state index in [4.69, 9.17) is 10.8 Å². The summed E-state index contributed by atoms with van der Waals surface area (Å²) in [5.41, 5.74) is 3.94. The van der Waals surface area contributed by atoms with Gasteiger partial charge in [0, 0.05) is 0 Å². The molecule has 1 aromatic rings. The predicted molar refractivity (Wildman–Crippen MR) is 49.4 cm³/mol. The van der Waals surface area contributed by atoms with Crippen LogP contribution >= 0.6 is 0 Å². The largest absolute Gasteiger partial charge is 0.477 e. The standard InChI is InChI=1S/C8H9N3O4/c1-4-2-5(8(14)15)7(13)11(10-4)3-6(9)12/h2H,3H2,1H3,(H2,9,12)(H,14,15). The van der Waals surface area contributed by atoms with Gasteiger partial charge in [-0.25, -0.2) is 9.48 Å². The number of aryl methyl sites for hydroxylation is 1. The molecule has 1 rings (SSSR count). The van der Waals surface area contributed by atoms with Gasteiger partial charge in [0.1, 0.15) is 12.1 Å². The quantitative estimate of drug-likeness (QED) is 0.647. The number of rotatable bonds is 3. The van der Waals surface area contributed by atoms with E-state index in [1.54, 1.807) is 0 Å². The SMILES string of the molecule is Cc1cc(C(=O)O)c(=O)n(CC(N)=O)n1. The lowest BCUT2D eigenvalue weighted by Crippen LogP contribution is -2.33. The van der Waals surface area contributed by atoms with Gasteiger partial charge in [-0.1, -0.05) is 0 Å². The van der Waals surface area contributed by atoms with Crippen LogP contribution in [0.15, 0.2) is 10.9 Å². The second kappa shape index (κ2) is 3.91. The van der Waals surface area contributed by atoms with Crippen LogP contribution in [0.2, 0.25) is 0 Å². The van der Waals surface area contributed by atoms with E-state index in [1.165, 1.54) is 6.92 Å². The molecule has 3 N–H and O–H groups in total. The van der Waals surface area contributed by atoms with Gasteiger partial charge in [0.2, 0.25) is 5.91 Å². The molecule has 7 nitrogen and oxygen atoms in total. The van der Waals surface area contributed by atoms with E-state index in [0.29, 0.717) is 5.69 Å². The number of carboxylic acids is 1. The van der Waals surface area contributed by atoms with Crippen LogP contribution in [0.3, 0.4) is 0 Å². The van der Waals surface area contributed by atoms with Crippen molar-refractivity contribution in [3.05, 3.63) is 27.7 Å². The van der Waals surface area contributed by atoms with Crippen LogP contribution in [0.25, 0.3) is 0 Å². The first-order valence-corrected chi connectivity index (χ1v) is 4.02. The van der Waals surface area contributed by atoms with Gasteiger partial charge in [-0.2, -0.15) is 5.10 Å². The molecule has 0 saturated carbocycles. The van der Waals surface area contributed by atoms with E-state index in [9.17, 15) is 14.4 Å². The van der Waals surface area contributed by atoms with Crippen LogP contribution in [0.1, 0.15) is 16.1 Å². The molecule has 1 heterocycles. The molecule has 1 aromatic heterocycles.